The van der Waals surface area contributed by atoms with Gasteiger partial charge >= 0.3 is 0 Å². The molecular formula is C12H20ClNO2. The number of methoxy groups -OCH3 is 2. The van der Waals surface area contributed by atoms with E-state index >= 15 is 0 Å². The summed E-state index contributed by atoms with van der Waals surface area (Å²) in [5, 5.41) is 3.34. The van der Waals surface area contributed by atoms with Crippen molar-refractivity contribution in [3.63, 3.8) is 0 Å². The summed E-state index contributed by atoms with van der Waals surface area (Å²) in [4.78, 5) is 0. The van der Waals surface area contributed by atoms with Crippen molar-refractivity contribution in [1.29, 1.82) is 0 Å². The number of benzene rings is 1. The molecule has 0 aromatic heterocycles. The van der Waals surface area contributed by atoms with Crippen LogP contribution in [-0.2, 0) is 6.54 Å². The molecule has 1 aromatic carbocycles. The van der Waals surface area contributed by atoms with Gasteiger partial charge in [0.2, 0.25) is 0 Å². The Labute approximate surface area is 104 Å². The zero-order valence-corrected chi connectivity index (χ0v) is 10.9. The monoisotopic (exact) mass is 245 g/mol. The van der Waals surface area contributed by atoms with E-state index in [1.807, 2.05) is 18.2 Å². The highest BCUT2D eigenvalue weighted by Gasteiger charge is 2.03. The molecule has 92 valence electrons. The van der Waals surface area contributed by atoms with Gasteiger partial charge in [0.05, 0.1) is 14.2 Å². The molecule has 0 saturated heterocycles. The second-order valence-corrected chi connectivity index (χ2v) is 3.37. The summed E-state index contributed by atoms with van der Waals surface area (Å²) in [6, 6.07) is 5.98. The van der Waals surface area contributed by atoms with E-state index < -0.39 is 0 Å². The van der Waals surface area contributed by atoms with Gasteiger partial charge in [0.1, 0.15) is 0 Å². The topological polar surface area (TPSA) is 30.5 Å². The van der Waals surface area contributed by atoms with Gasteiger partial charge in [0.25, 0.3) is 0 Å². The van der Waals surface area contributed by atoms with E-state index in [9.17, 15) is 0 Å². The molecule has 1 aromatic rings. The summed E-state index contributed by atoms with van der Waals surface area (Å²) in [6.45, 7) is 4.06. The molecule has 0 spiro atoms. The molecule has 0 aliphatic carbocycles. The van der Waals surface area contributed by atoms with Crippen LogP contribution in [0.3, 0.4) is 0 Å². The highest BCUT2D eigenvalue weighted by atomic mass is 35.5. The highest BCUT2D eigenvalue weighted by Crippen LogP contribution is 2.27. The summed E-state index contributed by atoms with van der Waals surface area (Å²) in [5.74, 6) is 1.56. The van der Waals surface area contributed by atoms with Crippen LogP contribution in [0, 0.1) is 0 Å². The lowest BCUT2D eigenvalue weighted by molar-refractivity contribution is 0.354. The van der Waals surface area contributed by atoms with Crippen LogP contribution in [0.5, 0.6) is 11.5 Å². The zero-order chi connectivity index (χ0) is 11.1. The number of nitrogens with one attached hydrogen (secondary N) is 1. The Morgan fingerprint density at radius 2 is 1.81 bits per heavy atom. The first-order valence-corrected chi connectivity index (χ1v) is 5.23. The van der Waals surface area contributed by atoms with Gasteiger partial charge in [0, 0.05) is 6.54 Å². The molecule has 3 nitrogen and oxygen atoms in total. The molecule has 0 bridgehead atoms. The summed E-state index contributed by atoms with van der Waals surface area (Å²) in [6.07, 6.45) is 1.15. The van der Waals surface area contributed by atoms with Gasteiger partial charge in [-0.25, -0.2) is 0 Å². The van der Waals surface area contributed by atoms with Crippen molar-refractivity contribution in [2.45, 2.75) is 19.9 Å². The fourth-order valence-electron chi connectivity index (χ4n) is 1.40. The van der Waals surface area contributed by atoms with Crippen LogP contribution in [0.15, 0.2) is 18.2 Å². The molecule has 0 fully saturated rings. The van der Waals surface area contributed by atoms with Crippen LogP contribution >= 0.6 is 12.4 Å². The van der Waals surface area contributed by atoms with E-state index in [1.165, 1.54) is 5.56 Å². The van der Waals surface area contributed by atoms with Crippen LogP contribution in [0.4, 0.5) is 0 Å². The van der Waals surface area contributed by atoms with E-state index in [-0.39, 0.29) is 12.4 Å². The molecule has 0 heterocycles. The average molecular weight is 246 g/mol. The summed E-state index contributed by atoms with van der Waals surface area (Å²) >= 11 is 0. The number of hydrogen-bond donors (Lipinski definition) is 1. The van der Waals surface area contributed by atoms with Crippen LogP contribution in [-0.4, -0.2) is 20.8 Å². The van der Waals surface area contributed by atoms with Crippen molar-refractivity contribution in [3.05, 3.63) is 23.8 Å². The predicted molar refractivity (Wildman–Crippen MR) is 68.8 cm³/mol. The van der Waals surface area contributed by atoms with Gasteiger partial charge in [-0.3, -0.25) is 0 Å². The maximum atomic E-state index is 5.23. The van der Waals surface area contributed by atoms with E-state index in [4.69, 9.17) is 9.47 Å². The Morgan fingerprint density at radius 1 is 1.12 bits per heavy atom. The molecular weight excluding hydrogens is 226 g/mol. The number of ether oxygens (including phenoxy) is 2. The van der Waals surface area contributed by atoms with Gasteiger partial charge in [-0.1, -0.05) is 13.0 Å². The van der Waals surface area contributed by atoms with Gasteiger partial charge in [0.15, 0.2) is 11.5 Å². The quantitative estimate of drug-likeness (QED) is 0.782. The standard InChI is InChI=1S/C12H19NO2.ClH/c1-4-7-13-9-10-5-6-11(14-2)12(8-10)15-3;/h5-6,8,13H,4,7,9H2,1-3H3;1H. The minimum atomic E-state index is 0. The Kier molecular flexibility index (Phi) is 7.77. The average Bonchev–Trinajstić information content (AvgIpc) is 2.29. The third-order valence-corrected chi connectivity index (χ3v) is 2.20. The first-order chi connectivity index (χ1) is 7.31. The van der Waals surface area contributed by atoms with Crippen LogP contribution in [0.25, 0.3) is 0 Å². The lowest BCUT2D eigenvalue weighted by Crippen LogP contribution is -2.13. The lowest BCUT2D eigenvalue weighted by Gasteiger charge is -2.09. The normalized spacial score (nSPS) is 9.44. The molecule has 0 radical (unpaired) electrons. The Balaban J connectivity index is 0.00000225. The van der Waals surface area contributed by atoms with Crippen molar-refractivity contribution < 1.29 is 9.47 Å². The second-order valence-electron chi connectivity index (χ2n) is 3.37. The third-order valence-electron chi connectivity index (χ3n) is 2.20. The van der Waals surface area contributed by atoms with Crippen LogP contribution in [0.2, 0.25) is 0 Å². The summed E-state index contributed by atoms with van der Waals surface area (Å²) < 4.78 is 10.4. The van der Waals surface area contributed by atoms with Crippen molar-refractivity contribution in [2.24, 2.45) is 0 Å². The van der Waals surface area contributed by atoms with Crippen molar-refractivity contribution in [1.82, 2.24) is 5.32 Å². The Hall–Kier alpha value is -0.930. The Bertz CT molecular complexity index is 305. The molecule has 0 aliphatic rings. The molecule has 1 N–H and O–H groups in total. The zero-order valence-electron chi connectivity index (χ0n) is 10.1. The minimum absolute atomic E-state index is 0. The summed E-state index contributed by atoms with van der Waals surface area (Å²) in [5.41, 5.74) is 1.21. The molecule has 0 saturated carbocycles. The van der Waals surface area contributed by atoms with E-state index in [0.717, 1.165) is 31.0 Å². The highest BCUT2D eigenvalue weighted by molar-refractivity contribution is 5.85. The fourth-order valence-corrected chi connectivity index (χ4v) is 1.40. The smallest absolute Gasteiger partial charge is 0.161 e. The summed E-state index contributed by atoms with van der Waals surface area (Å²) in [7, 11) is 3.30. The van der Waals surface area contributed by atoms with E-state index in [0.29, 0.717) is 0 Å². The first kappa shape index (κ1) is 15.1. The van der Waals surface area contributed by atoms with Crippen LogP contribution < -0.4 is 14.8 Å². The second kappa shape index (κ2) is 8.25. The molecule has 0 amide bonds. The van der Waals surface area contributed by atoms with Crippen molar-refractivity contribution in [2.75, 3.05) is 20.8 Å². The van der Waals surface area contributed by atoms with Crippen molar-refractivity contribution in [3.8, 4) is 11.5 Å². The molecule has 4 heteroatoms. The predicted octanol–water partition coefficient (Wildman–Crippen LogP) is 2.63. The molecule has 0 unspecified atom stereocenters. The number of hydrogen-bond acceptors (Lipinski definition) is 3. The van der Waals surface area contributed by atoms with E-state index in [1.54, 1.807) is 14.2 Å². The van der Waals surface area contributed by atoms with Gasteiger partial charge in [-0.15, -0.1) is 12.4 Å². The first-order valence-electron chi connectivity index (χ1n) is 5.23. The molecule has 0 aliphatic heterocycles. The van der Waals surface area contributed by atoms with E-state index in [2.05, 4.69) is 12.2 Å². The maximum Gasteiger partial charge on any atom is 0.161 e. The van der Waals surface area contributed by atoms with Crippen molar-refractivity contribution >= 4 is 12.4 Å². The molecule has 1 rings (SSSR count). The SMILES string of the molecule is CCCNCc1ccc(OC)c(OC)c1.Cl. The molecule has 16 heavy (non-hydrogen) atoms. The largest absolute Gasteiger partial charge is 0.493 e. The third kappa shape index (κ3) is 4.29. The van der Waals surface area contributed by atoms with Gasteiger partial charge in [-0.2, -0.15) is 0 Å². The molecule has 0 atom stereocenters. The van der Waals surface area contributed by atoms with Gasteiger partial charge in [-0.05, 0) is 30.7 Å². The minimum Gasteiger partial charge on any atom is -0.493 e. The maximum absolute atomic E-state index is 5.23. The van der Waals surface area contributed by atoms with Crippen LogP contribution in [0.1, 0.15) is 18.9 Å². The number of halogens is 1. The Morgan fingerprint density at radius 3 is 2.38 bits per heavy atom. The number of rotatable bonds is 6. The lowest BCUT2D eigenvalue weighted by atomic mass is 10.2. The van der Waals surface area contributed by atoms with Gasteiger partial charge < -0.3 is 14.8 Å². The fraction of sp³-hybridized carbons (Fsp3) is 0.500.